The zero-order chi connectivity index (χ0) is 69.2. The van der Waals surface area contributed by atoms with Crippen molar-refractivity contribution in [2.75, 3.05) is 60.3 Å². The Labute approximate surface area is 558 Å². The maximum absolute atomic E-state index is 14.7. The van der Waals surface area contributed by atoms with Crippen molar-refractivity contribution in [3.05, 3.63) is 114 Å². The largest absolute Gasteiger partial charge is 0.379 e. The summed E-state index contributed by atoms with van der Waals surface area (Å²) in [6, 6.07) is 22.4. The van der Waals surface area contributed by atoms with Crippen LogP contribution in [0.25, 0.3) is 0 Å². The summed E-state index contributed by atoms with van der Waals surface area (Å²) in [7, 11) is 8.59. The molecule has 11 atom stereocenters. The number of amides is 7. The summed E-state index contributed by atoms with van der Waals surface area (Å²) in [4.78, 5) is 144. The second kappa shape index (κ2) is 38.9. The van der Waals surface area contributed by atoms with Gasteiger partial charge < -0.3 is 41.0 Å². The first-order valence-electron chi connectivity index (χ1n) is 34.0. The molecular formula is C74H108N8O12. The molecular weight excluding hydrogens is 1190 g/mol. The number of methoxy groups -OCH3 is 2. The fourth-order valence-electron chi connectivity index (χ4n) is 13.4. The molecule has 1 saturated heterocycles. The Morgan fingerprint density at radius 2 is 1.27 bits per heavy atom. The van der Waals surface area contributed by atoms with Gasteiger partial charge in [0, 0.05) is 89.7 Å². The van der Waals surface area contributed by atoms with Crippen LogP contribution in [0.1, 0.15) is 149 Å². The number of ketones is 3. The normalized spacial score (nSPS) is 17.3. The fraction of sp³-hybridized carbons (Fsp3) is 0.595. The van der Waals surface area contributed by atoms with E-state index in [1.807, 2.05) is 121 Å². The molecule has 0 saturated carbocycles. The molecule has 2 heterocycles. The van der Waals surface area contributed by atoms with Gasteiger partial charge >= 0.3 is 0 Å². The van der Waals surface area contributed by atoms with Gasteiger partial charge in [0.15, 0.2) is 17.3 Å². The van der Waals surface area contributed by atoms with E-state index in [1.54, 1.807) is 55.1 Å². The summed E-state index contributed by atoms with van der Waals surface area (Å²) in [6.45, 7) is 14.9. The third-order valence-corrected chi connectivity index (χ3v) is 18.9. The van der Waals surface area contributed by atoms with Crippen LogP contribution < -0.4 is 21.7 Å². The molecule has 0 radical (unpaired) electrons. The standard InChI is InChI=1S/C74H108N8O12/c1-13-50(6)70(80(10)74(92)57(48(2)3)46-63(85)69(49(4)5)79(8)9)64(93-11)47-68(89)81-41-25-31-60(81)71(94-12)51(7)72(90)78-59(43-53-28-19-15-20-29-53)61(83)44-54-33-35-56(36-34-54)76-73(91)55(30-22-23-39-75)45-62(84)58(42-52-26-17-14-18-27-52)77-65(86)32-21-16-24-40-82-66(87)37-38-67(82)88/h14-15,17-20,26-29,33-38,48-51,55,57-60,64,69-71H,13,16,21-25,30-32,39-47,75H2,1-12H3,(H,76,91)(H,77,86)(H,78,90)/t50-,51+,55+,57-,58-,59-,60-,64+,69-,70-,71+/m0/s1. The Morgan fingerprint density at radius 3 is 1.81 bits per heavy atom. The number of ether oxygens (including phenoxy) is 2. The maximum atomic E-state index is 14.7. The molecule has 2 aliphatic rings. The monoisotopic (exact) mass is 1300 g/mol. The number of hydrogen-bond donors (Lipinski definition) is 4. The van der Waals surface area contributed by atoms with E-state index in [9.17, 15) is 47.9 Å². The lowest BCUT2D eigenvalue weighted by Gasteiger charge is -2.41. The number of anilines is 1. The van der Waals surface area contributed by atoms with Gasteiger partial charge in [-0.3, -0.25) is 57.7 Å². The average molecular weight is 1300 g/mol. The van der Waals surface area contributed by atoms with E-state index in [4.69, 9.17) is 15.2 Å². The van der Waals surface area contributed by atoms with Crippen LogP contribution in [0.3, 0.4) is 0 Å². The van der Waals surface area contributed by atoms with Gasteiger partial charge in [0.25, 0.3) is 11.8 Å². The first-order valence-corrected chi connectivity index (χ1v) is 34.0. The molecule has 94 heavy (non-hydrogen) atoms. The molecule has 3 aromatic carbocycles. The topological polar surface area (TPSA) is 264 Å². The van der Waals surface area contributed by atoms with Crippen molar-refractivity contribution in [3.8, 4) is 0 Å². The van der Waals surface area contributed by atoms with Crippen molar-refractivity contribution >= 4 is 64.4 Å². The van der Waals surface area contributed by atoms with E-state index in [0.717, 1.165) is 11.1 Å². The van der Waals surface area contributed by atoms with Gasteiger partial charge in [-0.05, 0) is 119 Å². The summed E-state index contributed by atoms with van der Waals surface area (Å²) in [5.74, 6) is -4.96. The van der Waals surface area contributed by atoms with Gasteiger partial charge in [0.2, 0.25) is 29.5 Å². The second-order valence-electron chi connectivity index (χ2n) is 26.8. The van der Waals surface area contributed by atoms with E-state index in [1.165, 1.54) is 24.2 Å². The van der Waals surface area contributed by atoms with Crippen LogP contribution in [-0.4, -0.2) is 176 Å². The number of carbonyl (C=O) groups excluding carboxylic acids is 10. The van der Waals surface area contributed by atoms with E-state index < -0.39 is 60.0 Å². The molecule has 0 spiro atoms. The average Bonchev–Trinajstić information content (AvgIpc) is 1.35. The van der Waals surface area contributed by atoms with Gasteiger partial charge in [-0.2, -0.15) is 0 Å². The fourth-order valence-corrected chi connectivity index (χ4v) is 13.4. The second-order valence-corrected chi connectivity index (χ2v) is 26.8. The Kier molecular flexibility index (Phi) is 32.1. The third kappa shape index (κ3) is 23.0. The molecule has 7 amide bonds. The first-order chi connectivity index (χ1) is 44.8. The summed E-state index contributed by atoms with van der Waals surface area (Å²) in [5, 5.41) is 8.97. The number of likely N-dealkylation sites (N-methyl/N-ethyl adjacent to an activating group) is 2. The highest BCUT2D eigenvalue weighted by molar-refractivity contribution is 6.12. The van der Waals surface area contributed by atoms with E-state index in [2.05, 4.69) is 16.0 Å². The molecule has 20 nitrogen and oxygen atoms in total. The summed E-state index contributed by atoms with van der Waals surface area (Å²) in [6.07, 6.45) is 6.66. The number of likely N-dealkylation sites (tertiary alicyclic amines) is 1. The van der Waals surface area contributed by atoms with Crippen LogP contribution in [-0.2, 0) is 76.7 Å². The predicted molar refractivity (Wildman–Crippen MR) is 365 cm³/mol. The molecule has 5 rings (SSSR count). The van der Waals surface area contributed by atoms with Crippen LogP contribution in [0.15, 0.2) is 97.1 Å². The van der Waals surface area contributed by atoms with Gasteiger partial charge in [-0.1, -0.05) is 141 Å². The maximum Gasteiger partial charge on any atom is 0.253 e. The smallest absolute Gasteiger partial charge is 0.253 e. The lowest BCUT2D eigenvalue weighted by molar-refractivity contribution is -0.149. The Morgan fingerprint density at radius 1 is 0.660 bits per heavy atom. The van der Waals surface area contributed by atoms with E-state index >= 15 is 0 Å². The summed E-state index contributed by atoms with van der Waals surface area (Å²) < 4.78 is 12.3. The van der Waals surface area contributed by atoms with Crippen LogP contribution in [0, 0.1) is 35.5 Å². The third-order valence-electron chi connectivity index (χ3n) is 18.9. The number of benzene rings is 3. The number of nitrogens with one attached hydrogen (secondary N) is 3. The molecule has 5 N–H and O–H groups in total. The van der Waals surface area contributed by atoms with Crippen molar-refractivity contribution in [3.63, 3.8) is 0 Å². The molecule has 0 unspecified atom stereocenters. The molecule has 3 aromatic rings. The number of imide groups is 1. The molecule has 0 aliphatic carbocycles. The number of hydrogen-bond acceptors (Lipinski definition) is 14. The Bertz CT molecular complexity index is 2970. The molecule has 0 aromatic heterocycles. The van der Waals surface area contributed by atoms with Gasteiger partial charge in [-0.15, -0.1) is 0 Å². The van der Waals surface area contributed by atoms with Crippen molar-refractivity contribution in [2.45, 2.75) is 194 Å². The minimum Gasteiger partial charge on any atom is -0.379 e. The lowest BCUT2D eigenvalue weighted by Crippen LogP contribution is -2.55. The lowest BCUT2D eigenvalue weighted by atomic mass is 9.83. The highest BCUT2D eigenvalue weighted by Crippen LogP contribution is 2.32. The van der Waals surface area contributed by atoms with E-state index in [0.29, 0.717) is 82.1 Å². The van der Waals surface area contributed by atoms with Crippen LogP contribution in [0.5, 0.6) is 0 Å². The van der Waals surface area contributed by atoms with Crippen molar-refractivity contribution < 1.29 is 57.4 Å². The summed E-state index contributed by atoms with van der Waals surface area (Å²) in [5.41, 5.74) is 8.61. The number of Topliss-reactive ketones (excluding diaryl/α,β-unsaturated/α-hetero) is 3. The van der Waals surface area contributed by atoms with Crippen molar-refractivity contribution in [1.29, 1.82) is 0 Å². The van der Waals surface area contributed by atoms with Gasteiger partial charge in [0.05, 0.1) is 54.8 Å². The van der Waals surface area contributed by atoms with Crippen molar-refractivity contribution in [2.24, 2.45) is 41.2 Å². The van der Waals surface area contributed by atoms with E-state index in [-0.39, 0.29) is 128 Å². The highest BCUT2D eigenvalue weighted by Gasteiger charge is 2.44. The highest BCUT2D eigenvalue weighted by atomic mass is 16.5. The minimum atomic E-state index is -0.945. The Balaban J connectivity index is 1.25. The number of nitrogens with zero attached hydrogens (tertiary/aromatic N) is 4. The number of nitrogens with two attached hydrogens (primary N) is 1. The zero-order valence-electron chi connectivity index (χ0n) is 57.9. The quantitative estimate of drug-likeness (QED) is 0.0308. The Hall–Kier alpha value is -7.26. The number of unbranched alkanes of at least 4 members (excludes halogenated alkanes) is 3. The number of rotatable bonds is 42. The molecule has 516 valence electrons. The zero-order valence-corrected chi connectivity index (χ0v) is 57.9. The molecule has 20 heteroatoms. The minimum absolute atomic E-state index is 0.0144. The molecule has 1 fully saturated rings. The van der Waals surface area contributed by atoms with Crippen molar-refractivity contribution in [1.82, 2.24) is 30.2 Å². The van der Waals surface area contributed by atoms with Crippen LogP contribution in [0.4, 0.5) is 5.69 Å². The van der Waals surface area contributed by atoms with Crippen LogP contribution in [0.2, 0.25) is 0 Å². The first kappa shape index (κ1) is 77.4. The molecule has 2 aliphatic heterocycles. The summed E-state index contributed by atoms with van der Waals surface area (Å²) >= 11 is 0. The van der Waals surface area contributed by atoms with Crippen LogP contribution >= 0.6 is 0 Å². The van der Waals surface area contributed by atoms with Gasteiger partial charge in [-0.25, -0.2) is 0 Å². The van der Waals surface area contributed by atoms with Gasteiger partial charge in [0.1, 0.15) is 0 Å². The number of carbonyl (C=O) groups is 10. The SMILES string of the molecule is CC[C@H](C)[C@@H]([C@@H](CC(=O)N1CCC[C@H]1[C@H](OC)[C@@H](C)C(=O)N[C@@H](Cc1ccccc1)C(=O)Cc1ccc(NC(=O)[C@H](CCCCN)CC(=O)[C@H](Cc2ccccc2)NC(=O)CCCCCN2C(=O)C=CC2=O)cc1)OC)N(C)C(=O)[C@@H](CC(=O)[C@H](C(C)C)N(C)C)C(C)C. The molecule has 0 bridgehead atoms. The predicted octanol–water partition coefficient (Wildman–Crippen LogP) is 8.12.